The molecule has 9 nitrogen and oxygen atoms in total. The zero-order valence-corrected chi connectivity index (χ0v) is 16.2. The molecule has 29 heavy (non-hydrogen) atoms. The van der Waals surface area contributed by atoms with Crippen LogP contribution in [0.1, 0.15) is 31.8 Å². The number of anilines is 3. The van der Waals surface area contributed by atoms with E-state index < -0.39 is 11.6 Å². The van der Waals surface area contributed by atoms with Crippen molar-refractivity contribution in [3.05, 3.63) is 46.5 Å². The van der Waals surface area contributed by atoms with Crippen molar-refractivity contribution in [2.45, 2.75) is 0 Å². The van der Waals surface area contributed by atoms with E-state index in [4.69, 9.17) is 11.5 Å². The number of amides is 1. The Labute approximate surface area is 167 Å². The highest BCUT2D eigenvalue weighted by Crippen LogP contribution is 2.40. The molecule has 1 aliphatic rings. The van der Waals surface area contributed by atoms with E-state index >= 15 is 0 Å². The van der Waals surface area contributed by atoms with Gasteiger partial charge >= 0.3 is 0 Å². The molecule has 0 heterocycles. The molecular weight excluding hydrogens is 374 g/mol. The predicted molar refractivity (Wildman–Crippen MR) is 110 cm³/mol. The minimum Gasteiger partial charge on any atom is -0.507 e. The first-order valence-electron chi connectivity index (χ1n) is 9.01. The van der Waals surface area contributed by atoms with Crippen LogP contribution in [0.3, 0.4) is 0 Å². The summed E-state index contributed by atoms with van der Waals surface area (Å²) in [5, 5.41) is 15.8. The highest BCUT2D eigenvalue weighted by Gasteiger charge is 2.36. The number of carbonyl (C=O) groups excluding carboxylic acids is 3. The highest BCUT2D eigenvalue weighted by molar-refractivity contribution is 6.34. The number of benzene rings is 2. The number of hydrogen-bond acceptors (Lipinski definition) is 8. The molecule has 2 aromatic carbocycles. The molecule has 0 saturated heterocycles. The van der Waals surface area contributed by atoms with Gasteiger partial charge in [-0.2, -0.15) is 0 Å². The Morgan fingerprint density at radius 1 is 0.966 bits per heavy atom. The number of hydrogen-bond donors (Lipinski definition) is 5. The minimum atomic E-state index is -0.581. The second kappa shape index (κ2) is 7.80. The number of rotatable bonds is 6. The second-order valence-corrected chi connectivity index (χ2v) is 7.04. The van der Waals surface area contributed by atoms with Crippen LogP contribution in [-0.4, -0.2) is 61.2 Å². The molecule has 1 amide bonds. The number of nitrogens with two attached hydrogens (primary N) is 2. The van der Waals surface area contributed by atoms with E-state index in [1.807, 2.05) is 19.0 Å². The Morgan fingerprint density at radius 2 is 1.55 bits per heavy atom. The van der Waals surface area contributed by atoms with Crippen LogP contribution in [0.5, 0.6) is 5.75 Å². The van der Waals surface area contributed by atoms with Crippen LogP contribution in [0.25, 0.3) is 0 Å². The summed E-state index contributed by atoms with van der Waals surface area (Å²) < 4.78 is 0. The topological polar surface area (TPSA) is 151 Å². The monoisotopic (exact) mass is 397 g/mol. The predicted octanol–water partition coefficient (Wildman–Crippen LogP) is 0.422. The molecule has 0 spiro atoms. The zero-order chi connectivity index (χ0) is 21.3. The molecule has 1 aliphatic carbocycles. The molecule has 0 unspecified atom stereocenters. The minimum absolute atomic E-state index is 0.0119. The lowest BCUT2D eigenvalue weighted by Gasteiger charge is -2.23. The summed E-state index contributed by atoms with van der Waals surface area (Å²) in [5.74, 6) is -1.73. The summed E-state index contributed by atoms with van der Waals surface area (Å²) in [4.78, 5) is 40.1. The molecule has 0 radical (unpaired) electrons. The first kappa shape index (κ1) is 20.2. The first-order chi connectivity index (χ1) is 13.7. The van der Waals surface area contributed by atoms with Gasteiger partial charge in [-0.05, 0) is 38.4 Å². The van der Waals surface area contributed by atoms with Crippen LogP contribution >= 0.6 is 0 Å². The standard InChI is InChI=1S/C20H23N5O4/c1-25(2)8-7-23-14(27)9-24-12-5-3-10(21)15-17(12)20(29)18-13(26)6-4-11(22)16(18)19(15)28/h3-6,24,26H,7-9,21-22H2,1-2H3,(H,23,27). The van der Waals surface area contributed by atoms with E-state index in [-0.39, 0.29) is 57.5 Å². The third kappa shape index (κ3) is 3.72. The first-order valence-corrected chi connectivity index (χ1v) is 9.01. The van der Waals surface area contributed by atoms with Gasteiger partial charge in [0.1, 0.15) is 5.75 Å². The van der Waals surface area contributed by atoms with E-state index in [1.54, 1.807) is 0 Å². The maximum absolute atomic E-state index is 13.1. The smallest absolute Gasteiger partial charge is 0.239 e. The fourth-order valence-electron chi connectivity index (χ4n) is 3.24. The van der Waals surface area contributed by atoms with Crippen LogP contribution in [0, 0.1) is 0 Å². The SMILES string of the molecule is CN(C)CCNC(=O)CNc1ccc(N)c2c1C(=O)c1c(O)ccc(N)c1C2=O. The Balaban J connectivity index is 1.92. The largest absolute Gasteiger partial charge is 0.507 e. The number of nitrogen functional groups attached to an aromatic ring is 2. The van der Waals surface area contributed by atoms with Crippen molar-refractivity contribution in [1.82, 2.24) is 10.2 Å². The fraction of sp³-hybridized carbons (Fsp3) is 0.250. The number of carbonyl (C=O) groups is 3. The third-order valence-electron chi connectivity index (χ3n) is 4.68. The number of nitrogens with one attached hydrogen (secondary N) is 2. The second-order valence-electron chi connectivity index (χ2n) is 7.04. The number of phenolic OH excluding ortho intramolecular Hbond substituents is 1. The normalized spacial score (nSPS) is 12.5. The van der Waals surface area contributed by atoms with Crippen molar-refractivity contribution in [2.24, 2.45) is 0 Å². The number of nitrogens with zero attached hydrogens (tertiary/aromatic N) is 1. The maximum atomic E-state index is 13.1. The van der Waals surface area contributed by atoms with Crippen LogP contribution in [0.2, 0.25) is 0 Å². The van der Waals surface area contributed by atoms with Gasteiger partial charge in [0.05, 0.1) is 28.8 Å². The summed E-state index contributed by atoms with van der Waals surface area (Å²) in [5.41, 5.74) is 12.1. The van der Waals surface area contributed by atoms with Crippen molar-refractivity contribution in [3.63, 3.8) is 0 Å². The molecule has 9 heteroatoms. The van der Waals surface area contributed by atoms with Gasteiger partial charge in [0.2, 0.25) is 5.91 Å². The molecule has 0 atom stereocenters. The van der Waals surface area contributed by atoms with E-state index in [1.165, 1.54) is 24.3 Å². The lowest BCUT2D eigenvalue weighted by atomic mass is 9.81. The molecule has 0 bridgehead atoms. The van der Waals surface area contributed by atoms with E-state index in [9.17, 15) is 19.5 Å². The summed E-state index contributed by atoms with van der Waals surface area (Å²) >= 11 is 0. The summed E-state index contributed by atoms with van der Waals surface area (Å²) in [6, 6.07) is 5.64. The van der Waals surface area contributed by atoms with Gasteiger partial charge < -0.3 is 32.1 Å². The van der Waals surface area contributed by atoms with Gasteiger partial charge in [-0.15, -0.1) is 0 Å². The number of phenols is 1. The maximum Gasteiger partial charge on any atom is 0.239 e. The molecule has 152 valence electrons. The van der Waals surface area contributed by atoms with Gasteiger partial charge in [0, 0.05) is 30.2 Å². The summed E-state index contributed by atoms with van der Waals surface area (Å²) in [6.07, 6.45) is 0. The van der Waals surface area contributed by atoms with Crippen molar-refractivity contribution < 1.29 is 19.5 Å². The Kier molecular flexibility index (Phi) is 5.42. The van der Waals surface area contributed by atoms with Gasteiger partial charge in [-0.1, -0.05) is 0 Å². The number of fused-ring (bicyclic) bond motifs is 2. The van der Waals surface area contributed by atoms with Gasteiger partial charge in [-0.25, -0.2) is 0 Å². The average molecular weight is 397 g/mol. The summed E-state index contributed by atoms with van der Waals surface area (Å²) in [7, 11) is 3.79. The van der Waals surface area contributed by atoms with Crippen molar-refractivity contribution in [1.29, 1.82) is 0 Å². The molecule has 3 rings (SSSR count). The van der Waals surface area contributed by atoms with Crippen molar-refractivity contribution in [3.8, 4) is 5.75 Å². The zero-order valence-electron chi connectivity index (χ0n) is 16.2. The van der Waals surface area contributed by atoms with Crippen LogP contribution in [0.15, 0.2) is 24.3 Å². The lowest BCUT2D eigenvalue weighted by Crippen LogP contribution is -2.35. The Morgan fingerprint density at radius 3 is 2.21 bits per heavy atom. The highest BCUT2D eigenvalue weighted by atomic mass is 16.3. The Bertz CT molecular complexity index is 1020. The van der Waals surface area contributed by atoms with Crippen molar-refractivity contribution >= 4 is 34.5 Å². The number of ketones is 2. The molecule has 7 N–H and O–H groups in total. The van der Waals surface area contributed by atoms with E-state index in [2.05, 4.69) is 10.6 Å². The molecule has 0 aliphatic heterocycles. The Hall–Kier alpha value is -3.59. The average Bonchev–Trinajstić information content (AvgIpc) is 2.66. The molecule has 0 saturated carbocycles. The lowest BCUT2D eigenvalue weighted by molar-refractivity contribution is -0.119. The third-order valence-corrected chi connectivity index (χ3v) is 4.68. The van der Waals surface area contributed by atoms with E-state index in [0.717, 1.165) is 0 Å². The summed E-state index contributed by atoms with van der Waals surface area (Å²) in [6.45, 7) is 1.07. The molecule has 0 aromatic heterocycles. The number of aromatic hydroxyl groups is 1. The van der Waals surface area contributed by atoms with Crippen LogP contribution < -0.4 is 22.1 Å². The molecule has 0 fully saturated rings. The van der Waals surface area contributed by atoms with Crippen molar-refractivity contribution in [2.75, 3.05) is 50.5 Å². The fourth-order valence-corrected chi connectivity index (χ4v) is 3.24. The van der Waals surface area contributed by atoms with Crippen LogP contribution in [0.4, 0.5) is 17.1 Å². The van der Waals surface area contributed by atoms with Gasteiger partial charge in [0.15, 0.2) is 11.6 Å². The van der Waals surface area contributed by atoms with E-state index in [0.29, 0.717) is 13.1 Å². The van der Waals surface area contributed by atoms with Gasteiger partial charge in [-0.3, -0.25) is 14.4 Å². The number of likely N-dealkylation sites (N-methyl/N-ethyl adjacent to an activating group) is 1. The molecular formula is C20H23N5O4. The molecule has 2 aromatic rings. The quantitative estimate of drug-likeness (QED) is 0.297. The van der Waals surface area contributed by atoms with Gasteiger partial charge in [0.25, 0.3) is 0 Å². The van der Waals surface area contributed by atoms with Crippen LogP contribution in [-0.2, 0) is 4.79 Å².